The molecule has 2 amide bonds. The largest absolute Gasteiger partial charge is 0.444 e. The van der Waals surface area contributed by atoms with E-state index in [-0.39, 0.29) is 12.2 Å². The van der Waals surface area contributed by atoms with E-state index in [1.54, 1.807) is 15.9 Å². The molecule has 200 valence electrons. The predicted molar refractivity (Wildman–Crippen MR) is 147 cm³/mol. The number of nitrogens with zero attached hydrogens (tertiary/aromatic N) is 2. The van der Waals surface area contributed by atoms with E-state index in [0.717, 1.165) is 41.3 Å². The van der Waals surface area contributed by atoms with Crippen LogP contribution in [0.15, 0.2) is 40.9 Å². The van der Waals surface area contributed by atoms with E-state index in [2.05, 4.69) is 22.0 Å². The van der Waals surface area contributed by atoms with Gasteiger partial charge in [0.15, 0.2) is 0 Å². The van der Waals surface area contributed by atoms with E-state index in [9.17, 15) is 14.4 Å². The zero-order valence-corrected chi connectivity index (χ0v) is 24.2. The standard InChI is InChI=1S/C15H19NO3.C14H18BrNO2/c1-15(2,3)19-14(18)16-8-7-11-5-4-6-12(10-17)13(11)9-16;1-14(2,3)18-13(17)16-8-7-10-5-4-6-12(15)11(10)9-16/h4-6,10H,7-9H2,1-3H3;4-6H,7-9H2,1-3H3. The molecule has 0 aliphatic carbocycles. The Morgan fingerprint density at radius 1 is 0.784 bits per heavy atom. The third-order valence-corrected chi connectivity index (χ3v) is 6.70. The second-order valence-corrected chi connectivity index (χ2v) is 12.1. The lowest BCUT2D eigenvalue weighted by Gasteiger charge is -2.31. The van der Waals surface area contributed by atoms with Crippen molar-refractivity contribution in [2.75, 3.05) is 13.1 Å². The second-order valence-electron chi connectivity index (χ2n) is 11.3. The summed E-state index contributed by atoms with van der Waals surface area (Å²) in [6, 6.07) is 11.8. The highest BCUT2D eigenvalue weighted by Crippen LogP contribution is 2.27. The first-order valence-electron chi connectivity index (χ1n) is 12.6. The molecular formula is C29H37BrN2O5. The number of carbonyl (C=O) groups excluding carboxylic acids is 3. The van der Waals surface area contributed by atoms with Gasteiger partial charge in [-0.15, -0.1) is 0 Å². The molecular weight excluding hydrogens is 536 g/mol. The summed E-state index contributed by atoms with van der Waals surface area (Å²) in [6.45, 7) is 13.6. The molecule has 2 aliphatic rings. The molecule has 2 heterocycles. The van der Waals surface area contributed by atoms with Crippen LogP contribution >= 0.6 is 15.9 Å². The van der Waals surface area contributed by atoms with Crippen molar-refractivity contribution < 1.29 is 23.9 Å². The average Bonchev–Trinajstić information content (AvgIpc) is 2.81. The molecule has 0 saturated carbocycles. The molecule has 4 rings (SSSR count). The fraction of sp³-hybridized carbons (Fsp3) is 0.483. The fourth-order valence-corrected chi connectivity index (χ4v) is 4.75. The van der Waals surface area contributed by atoms with Crippen molar-refractivity contribution in [3.63, 3.8) is 0 Å². The van der Waals surface area contributed by atoms with Crippen molar-refractivity contribution in [1.29, 1.82) is 0 Å². The van der Waals surface area contributed by atoms with Crippen molar-refractivity contribution in [1.82, 2.24) is 9.80 Å². The topological polar surface area (TPSA) is 76.2 Å². The van der Waals surface area contributed by atoms with Gasteiger partial charge in [-0.25, -0.2) is 9.59 Å². The lowest BCUT2D eigenvalue weighted by molar-refractivity contribution is 0.0213. The van der Waals surface area contributed by atoms with Crippen LogP contribution in [0, 0.1) is 0 Å². The highest BCUT2D eigenvalue weighted by atomic mass is 79.9. The Morgan fingerprint density at radius 2 is 1.24 bits per heavy atom. The normalized spacial score (nSPS) is 15.0. The number of hydrogen-bond donors (Lipinski definition) is 0. The summed E-state index contributed by atoms with van der Waals surface area (Å²) in [6.07, 6.45) is 1.93. The molecule has 0 N–H and O–H groups in total. The Bertz CT molecular complexity index is 1150. The van der Waals surface area contributed by atoms with E-state index in [1.165, 1.54) is 11.1 Å². The van der Waals surface area contributed by atoms with E-state index in [0.29, 0.717) is 25.2 Å². The van der Waals surface area contributed by atoms with Crippen LogP contribution in [0.5, 0.6) is 0 Å². The first kappa shape index (κ1) is 28.7. The summed E-state index contributed by atoms with van der Waals surface area (Å²) in [5, 5.41) is 0. The molecule has 2 aromatic carbocycles. The highest BCUT2D eigenvalue weighted by Gasteiger charge is 2.27. The number of fused-ring (bicyclic) bond motifs is 2. The number of rotatable bonds is 1. The van der Waals surface area contributed by atoms with Crippen LogP contribution < -0.4 is 0 Å². The fourth-order valence-electron chi connectivity index (χ4n) is 4.22. The molecule has 37 heavy (non-hydrogen) atoms. The van der Waals surface area contributed by atoms with E-state index < -0.39 is 11.2 Å². The maximum Gasteiger partial charge on any atom is 0.410 e. The van der Waals surface area contributed by atoms with Gasteiger partial charge in [0, 0.05) is 29.7 Å². The van der Waals surface area contributed by atoms with Crippen LogP contribution in [-0.2, 0) is 35.4 Å². The van der Waals surface area contributed by atoms with Crippen LogP contribution in [-0.4, -0.2) is 52.6 Å². The molecule has 0 atom stereocenters. The smallest absolute Gasteiger partial charge is 0.410 e. The number of carbonyl (C=O) groups is 3. The number of halogens is 1. The Morgan fingerprint density at radius 3 is 1.73 bits per heavy atom. The van der Waals surface area contributed by atoms with Gasteiger partial charge in [0.2, 0.25) is 0 Å². The Kier molecular flexibility index (Phi) is 9.05. The zero-order chi connectivity index (χ0) is 27.4. The summed E-state index contributed by atoms with van der Waals surface area (Å²) in [7, 11) is 0. The monoisotopic (exact) mass is 572 g/mol. The molecule has 7 nitrogen and oxygen atoms in total. The Labute approximate surface area is 228 Å². The minimum Gasteiger partial charge on any atom is -0.444 e. The summed E-state index contributed by atoms with van der Waals surface area (Å²) in [5.74, 6) is 0. The number of benzene rings is 2. The van der Waals surface area contributed by atoms with Crippen LogP contribution in [0.4, 0.5) is 9.59 Å². The van der Waals surface area contributed by atoms with E-state index >= 15 is 0 Å². The molecule has 0 aromatic heterocycles. The molecule has 0 saturated heterocycles. The van der Waals surface area contributed by atoms with Gasteiger partial charge >= 0.3 is 12.2 Å². The lowest BCUT2D eigenvalue weighted by Crippen LogP contribution is -2.40. The van der Waals surface area contributed by atoms with Crippen molar-refractivity contribution >= 4 is 34.4 Å². The summed E-state index contributed by atoms with van der Waals surface area (Å²) in [4.78, 5) is 38.5. The van der Waals surface area contributed by atoms with Gasteiger partial charge in [0.1, 0.15) is 17.5 Å². The van der Waals surface area contributed by atoms with Gasteiger partial charge in [-0.3, -0.25) is 4.79 Å². The Balaban J connectivity index is 0.000000206. The molecule has 8 heteroatoms. The van der Waals surface area contributed by atoms with Crippen LogP contribution in [0.25, 0.3) is 0 Å². The minimum atomic E-state index is -0.498. The first-order valence-corrected chi connectivity index (χ1v) is 13.3. The maximum absolute atomic E-state index is 12.0. The third-order valence-electron chi connectivity index (χ3n) is 5.96. The summed E-state index contributed by atoms with van der Waals surface area (Å²) >= 11 is 3.54. The van der Waals surface area contributed by atoms with Crippen molar-refractivity contribution in [2.24, 2.45) is 0 Å². The number of aldehydes is 1. The van der Waals surface area contributed by atoms with Crippen LogP contribution in [0.2, 0.25) is 0 Å². The van der Waals surface area contributed by atoms with Crippen molar-refractivity contribution in [2.45, 2.75) is 78.7 Å². The van der Waals surface area contributed by atoms with E-state index in [4.69, 9.17) is 9.47 Å². The highest BCUT2D eigenvalue weighted by molar-refractivity contribution is 9.10. The van der Waals surface area contributed by atoms with Gasteiger partial charge in [0.25, 0.3) is 0 Å². The third kappa shape index (κ3) is 8.06. The molecule has 0 spiro atoms. The van der Waals surface area contributed by atoms with Crippen molar-refractivity contribution in [3.05, 3.63) is 68.7 Å². The molecule has 0 fully saturated rings. The van der Waals surface area contributed by atoms with Gasteiger partial charge in [0.05, 0.1) is 6.54 Å². The predicted octanol–water partition coefficient (Wildman–Crippen LogP) is 6.53. The van der Waals surface area contributed by atoms with Crippen molar-refractivity contribution in [3.8, 4) is 0 Å². The summed E-state index contributed by atoms with van der Waals surface area (Å²) in [5.41, 5.74) is 4.30. The van der Waals surface area contributed by atoms with Crippen LogP contribution in [0.1, 0.15) is 74.2 Å². The molecule has 0 radical (unpaired) electrons. The van der Waals surface area contributed by atoms with Gasteiger partial charge in [-0.05, 0) is 82.7 Å². The van der Waals surface area contributed by atoms with Gasteiger partial charge < -0.3 is 19.3 Å². The SMILES string of the molecule is CC(C)(C)OC(=O)N1CCc2cccc(Br)c2C1.CC(C)(C)OC(=O)N1CCc2cccc(C=O)c2C1. The number of amides is 2. The first-order chi connectivity index (χ1) is 17.3. The quantitative estimate of drug-likeness (QED) is 0.363. The van der Waals surface area contributed by atoms with Crippen LogP contribution in [0.3, 0.4) is 0 Å². The Hall–Kier alpha value is -2.87. The summed E-state index contributed by atoms with van der Waals surface area (Å²) < 4.78 is 11.8. The van der Waals surface area contributed by atoms with Gasteiger partial charge in [-0.2, -0.15) is 0 Å². The lowest BCUT2D eigenvalue weighted by atomic mass is 9.96. The zero-order valence-electron chi connectivity index (χ0n) is 22.6. The average molecular weight is 574 g/mol. The number of hydrogen-bond acceptors (Lipinski definition) is 5. The maximum atomic E-state index is 12.0. The molecule has 2 aromatic rings. The molecule has 0 bridgehead atoms. The number of ether oxygens (including phenoxy) is 2. The minimum absolute atomic E-state index is 0.232. The molecule has 2 aliphatic heterocycles. The molecule has 0 unspecified atom stereocenters. The van der Waals surface area contributed by atoms with E-state index in [1.807, 2.05) is 65.8 Å². The van der Waals surface area contributed by atoms with Gasteiger partial charge in [-0.1, -0.05) is 46.3 Å². The second kappa shape index (κ2) is 11.7.